The normalized spacial score (nSPS) is 27.5. The van der Waals surface area contributed by atoms with Crippen LogP contribution in [0.1, 0.15) is 34.1 Å². The summed E-state index contributed by atoms with van der Waals surface area (Å²) in [5.41, 5.74) is 5.26. The SMILES string of the molecule is CC1CNC(C)(C)C1.CCN. The molecular weight excluding hydrogens is 136 g/mol. The molecule has 1 saturated heterocycles. The average Bonchev–Trinajstić information content (AvgIpc) is 2.11. The fraction of sp³-hybridized carbons (Fsp3) is 1.00. The third-order valence-corrected chi connectivity index (χ3v) is 1.79. The van der Waals surface area contributed by atoms with Crippen LogP contribution in [-0.4, -0.2) is 18.6 Å². The zero-order valence-corrected chi connectivity index (χ0v) is 8.28. The summed E-state index contributed by atoms with van der Waals surface area (Å²) in [5, 5.41) is 3.45. The minimum Gasteiger partial charge on any atom is -0.331 e. The second kappa shape index (κ2) is 4.73. The molecule has 11 heavy (non-hydrogen) atoms. The molecule has 1 atom stereocenters. The maximum absolute atomic E-state index is 4.85. The Labute approximate surface area is 70.5 Å². The largest absolute Gasteiger partial charge is 0.331 e. The molecule has 2 nitrogen and oxygen atoms in total. The Morgan fingerprint density at radius 2 is 2.00 bits per heavy atom. The van der Waals surface area contributed by atoms with Gasteiger partial charge in [0.05, 0.1) is 0 Å². The van der Waals surface area contributed by atoms with Crippen molar-refractivity contribution in [3.05, 3.63) is 0 Å². The summed E-state index contributed by atoms with van der Waals surface area (Å²) >= 11 is 0. The lowest BCUT2D eigenvalue weighted by Gasteiger charge is -2.16. The minimum atomic E-state index is 0.416. The fourth-order valence-corrected chi connectivity index (χ4v) is 1.47. The molecule has 0 bridgehead atoms. The molecule has 0 radical (unpaired) electrons. The molecule has 1 aliphatic heterocycles. The van der Waals surface area contributed by atoms with Gasteiger partial charge in [0, 0.05) is 5.54 Å². The highest BCUT2D eigenvalue weighted by Crippen LogP contribution is 2.21. The number of nitrogens with one attached hydrogen (secondary N) is 1. The summed E-state index contributed by atoms with van der Waals surface area (Å²) in [6.45, 7) is 10.7. The van der Waals surface area contributed by atoms with E-state index in [0.717, 1.165) is 12.5 Å². The van der Waals surface area contributed by atoms with Gasteiger partial charge in [0.15, 0.2) is 0 Å². The Bertz CT molecular complexity index is 99.7. The highest BCUT2D eigenvalue weighted by Gasteiger charge is 2.26. The van der Waals surface area contributed by atoms with E-state index in [0.29, 0.717) is 5.54 Å². The van der Waals surface area contributed by atoms with Gasteiger partial charge in [-0.1, -0.05) is 13.8 Å². The molecule has 0 saturated carbocycles. The van der Waals surface area contributed by atoms with Crippen LogP contribution in [0.3, 0.4) is 0 Å². The Morgan fingerprint density at radius 3 is 2.09 bits per heavy atom. The van der Waals surface area contributed by atoms with Crippen molar-refractivity contribution in [2.75, 3.05) is 13.1 Å². The highest BCUT2D eigenvalue weighted by atomic mass is 15.0. The summed E-state index contributed by atoms with van der Waals surface area (Å²) in [6.07, 6.45) is 1.33. The van der Waals surface area contributed by atoms with Gasteiger partial charge in [0.2, 0.25) is 0 Å². The van der Waals surface area contributed by atoms with Gasteiger partial charge < -0.3 is 11.1 Å². The van der Waals surface area contributed by atoms with E-state index < -0.39 is 0 Å². The van der Waals surface area contributed by atoms with Gasteiger partial charge in [-0.2, -0.15) is 0 Å². The van der Waals surface area contributed by atoms with E-state index in [4.69, 9.17) is 5.73 Å². The number of nitrogens with two attached hydrogens (primary N) is 1. The molecule has 0 spiro atoms. The maximum atomic E-state index is 4.85. The van der Waals surface area contributed by atoms with Gasteiger partial charge in [-0.05, 0) is 39.3 Å². The second-order valence-electron chi connectivity index (χ2n) is 3.98. The molecule has 0 aromatic carbocycles. The van der Waals surface area contributed by atoms with Gasteiger partial charge in [0.25, 0.3) is 0 Å². The van der Waals surface area contributed by atoms with Crippen LogP contribution < -0.4 is 11.1 Å². The van der Waals surface area contributed by atoms with Crippen molar-refractivity contribution in [3.63, 3.8) is 0 Å². The van der Waals surface area contributed by atoms with Crippen LogP contribution in [0.4, 0.5) is 0 Å². The maximum Gasteiger partial charge on any atom is 0.0128 e. The third-order valence-electron chi connectivity index (χ3n) is 1.79. The molecule has 1 aliphatic rings. The molecule has 1 heterocycles. The first-order valence-electron chi connectivity index (χ1n) is 4.47. The Hall–Kier alpha value is -0.0800. The van der Waals surface area contributed by atoms with Crippen molar-refractivity contribution in [1.29, 1.82) is 0 Å². The number of hydrogen-bond acceptors (Lipinski definition) is 2. The second-order valence-corrected chi connectivity index (χ2v) is 3.98. The van der Waals surface area contributed by atoms with Crippen LogP contribution in [0.2, 0.25) is 0 Å². The van der Waals surface area contributed by atoms with E-state index >= 15 is 0 Å². The topological polar surface area (TPSA) is 38.0 Å². The van der Waals surface area contributed by atoms with E-state index in [2.05, 4.69) is 26.1 Å². The first-order chi connectivity index (χ1) is 5.02. The predicted molar refractivity (Wildman–Crippen MR) is 50.6 cm³/mol. The molecule has 1 fully saturated rings. The fourth-order valence-electron chi connectivity index (χ4n) is 1.47. The molecule has 0 amide bonds. The molecule has 0 aromatic heterocycles. The first kappa shape index (κ1) is 10.9. The molecule has 2 heteroatoms. The lowest BCUT2D eigenvalue weighted by molar-refractivity contribution is 0.448. The summed E-state index contributed by atoms with van der Waals surface area (Å²) in [7, 11) is 0. The molecule has 68 valence electrons. The molecule has 3 N–H and O–H groups in total. The summed E-state index contributed by atoms with van der Waals surface area (Å²) in [6, 6.07) is 0. The van der Waals surface area contributed by atoms with Gasteiger partial charge in [-0.3, -0.25) is 0 Å². The average molecular weight is 158 g/mol. The number of rotatable bonds is 0. The van der Waals surface area contributed by atoms with Crippen molar-refractivity contribution in [1.82, 2.24) is 5.32 Å². The third kappa shape index (κ3) is 5.22. The van der Waals surface area contributed by atoms with Crippen molar-refractivity contribution in [2.45, 2.75) is 39.7 Å². The minimum absolute atomic E-state index is 0.416. The van der Waals surface area contributed by atoms with E-state index in [1.54, 1.807) is 0 Å². The first-order valence-corrected chi connectivity index (χ1v) is 4.47. The monoisotopic (exact) mass is 158 g/mol. The molecule has 1 unspecified atom stereocenters. The van der Waals surface area contributed by atoms with Crippen molar-refractivity contribution >= 4 is 0 Å². The molecule has 0 aliphatic carbocycles. The van der Waals surface area contributed by atoms with E-state index in [-0.39, 0.29) is 0 Å². The van der Waals surface area contributed by atoms with Crippen LogP contribution in [0.5, 0.6) is 0 Å². The lowest BCUT2D eigenvalue weighted by Crippen LogP contribution is -2.31. The molecular formula is C9H22N2. The quantitative estimate of drug-likeness (QED) is 0.558. The van der Waals surface area contributed by atoms with E-state index in [1.807, 2.05) is 6.92 Å². The Balaban J connectivity index is 0.000000292. The van der Waals surface area contributed by atoms with E-state index in [9.17, 15) is 0 Å². The van der Waals surface area contributed by atoms with Crippen LogP contribution in [-0.2, 0) is 0 Å². The molecule has 0 aromatic rings. The summed E-state index contributed by atoms with van der Waals surface area (Å²) in [4.78, 5) is 0. The van der Waals surface area contributed by atoms with Crippen molar-refractivity contribution in [2.24, 2.45) is 11.7 Å². The highest BCUT2D eigenvalue weighted by molar-refractivity contribution is 4.86. The van der Waals surface area contributed by atoms with E-state index in [1.165, 1.54) is 13.0 Å². The van der Waals surface area contributed by atoms with Gasteiger partial charge in [-0.15, -0.1) is 0 Å². The van der Waals surface area contributed by atoms with Gasteiger partial charge >= 0.3 is 0 Å². The Morgan fingerprint density at radius 1 is 1.55 bits per heavy atom. The molecule has 1 rings (SSSR count). The standard InChI is InChI=1S/C7H15N.C2H7N/c1-6-4-7(2,3)8-5-6;1-2-3/h6,8H,4-5H2,1-3H3;2-3H2,1H3. The zero-order chi connectivity index (χ0) is 8.91. The van der Waals surface area contributed by atoms with Gasteiger partial charge in [-0.25, -0.2) is 0 Å². The summed E-state index contributed by atoms with van der Waals surface area (Å²) in [5.74, 6) is 0.880. The zero-order valence-electron chi connectivity index (χ0n) is 8.28. The predicted octanol–water partition coefficient (Wildman–Crippen LogP) is 1.36. The van der Waals surface area contributed by atoms with Crippen molar-refractivity contribution < 1.29 is 0 Å². The number of hydrogen-bond donors (Lipinski definition) is 2. The smallest absolute Gasteiger partial charge is 0.0128 e. The van der Waals surface area contributed by atoms with Gasteiger partial charge in [0.1, 0.15) is 0 Å². The Kier molecular flexibility index (Phi) is 4.69. The van der Waals surface area contributed by atoms with Crippen LogP contribution in [0, 0.1) is 5.92 Å². The van der Waals surface area contributed by atoms with Crippen LogP contribution in [0.25, 0.3) is 0 Å². The summed E-state index contributed by atoms with van der Waals surface area (Å²) < 4.78 is 0. The van der Waals surface area contributed by atoms with Crippen LogP contribution in [0.15, 0.2) is 0 Å². The van der Waals surface area contributed by atoms with Crippen LogP contribution >= 0.6 is 0 Å². The van der Waals surface area contributed by atoms with Crippen molar-refractivity contribution in [3.8, 4) is 0 Å². The lowest BCUT2D eigenvalue weighted by atomic mass is 9.99.